The third-order valence-corrected chi connectivity index (χ3v) is 6.50. The maximum atomic E-state index is 13.7. The van der Waals surface area contributed by atoms with Gasteiger partial charge in [0, 0.05) is 23.7 Å². The molecule has 5 rings (SSSR count). The predicted octanol–water partition coefficient (Wildman–Crippen LogP) is 5.42. The van der Waals surface area contributed by atoms with Crippen LogP contribution < -0.4 is 4.90 Å². The molecule has 0 bridgehead atoms. The van der Waals surface area contributed by atoms with Crippen LogP contribution in [0.25, 0.3) is 28.0 Å². The fourth-order valence-corrected chi connectivity index (χ4v) is 4.78. The number of benzene rings is 2. The van der Waals surface area contributed by atoms with Gasteiger partial charge in [0.05, 0.1) is 24.0 Å². The Balaban J connectivity index is 1.79. The van der Waals surface area contributed by atoms with E-state index in [0.29, 0.717) is 0 Å². The van der Waals surface area contributed by atoms with Crippen molar-refractivity contribution in [2.45, 2.75) is 45.6 Å². The van der Waals surface area contributed by atoms with Crippen LogP contribution in [0.15, 0.2) is 54.6 Å². The van der Waals surface area contributed by atoms with Crippen molar-refractivity contribution in [2.75, 3.05) is 18.1 Å². The Morgan fingerprint density at radius 3 is 2.48 bits per heavy atom. The van der Waals surface area contributed by atoms with Crippen molar-refractivity contribution in [3.05, 3.63) is 71.7 Å². The van der Waals surface area contributed by atoms with E-state index in [1.54, 1.807) is 12.1 Å². The summed E-state index contributed by atoms with van der Waals surface area (Å²) in [5, 5.41) is 14.9. The fourth-order valence-electron chi connectivity index (χ4n) is 4.78. The summed E-state index contributed by atoms with van der Waals surface area (Å²) in [4.78, 5) is 7.29. The second-order valence-electron chi connectivity index (χ2n) is 8.85. The minimum Gasteiger partial charge on any atom is -0.394 e. The molecule has 1 saturated heterocycles. The van der Waals surface area contributed by atoms with Crippen LogP contribution in [0.4, 0.5) is 10.2 Å². The van der Waals surface area contributed by atoms with Crippen molar-refractivity contribution in [1.82, 2.24) is 14.6 Å². The lowest BCUT2D eigenvalue weighted by Gasteiger charge is -2.25. The first-order chi connectivity index (χ1) is 16.1. The van der Waals surface area contributed by atoms with Crippen LogP contribution in [-0.2, 0) is 6.42 Å². The first kappa shape index (κ1) is 21.6. The van der Waals surface area contributed by atoms with Crippen LogP contribution in [0.2, 0.25) is 0 Å². The fraction of sp³-hybridized carbons (Fsp3) is 0.333. The van der Waals surface area contributed by atoms with Gasteiger partial charge in [-0.05, 0) is 56.0 Å². The van der Waals surface area contributed by atoms with Crippen molar-refractivity contribution in [3.63, 3.8) is 0 Å². The van der Waals surface area contributed by atoms with E-state index in [2.05, 4.69) is 43.0 Å². The summed E-state index contributed by atoms with van der Waals surface area (Å²) in [6, 6.07) is 17.1. The van der Waals surface area contributed by atoms with Gasteiger partial charge >= 0.3 is 0 Å². The summed E-state index contributed by atoms with van der Waals surface area (Å²) >= 11 is 0. The molecule has 0 saturated carbocycles. The maximum absolute atomic E-state index is 13.7. The van der Waals surface area contributed by atoms with E-state index in [1.165, 1.54) is 17.7 Å². The van der Waals surface area contributed by atoms with Crippen LogP contribution >= 0.6 is 0 Å². The molecule has 0 spiro atoms. The number of aliphatic hydroxyl groups is 1. The Hall–Kier alpha value is -3.25. The smallest absolute Gasteiger partial charge is 0.166 e. The van der Waals surface area contributed by atoms with Gasteiger partial charge in [0.2, 0.25) is 0 Å². The number of aliphatic hydroxyl groups excluding tert-OH is 1. The number of nitrogens with zero attached hydrogens (tertiary/aromatic N) is 4. The van der Waals surface area contributed by atoms with Crippen LogP contribution in [0.1, 0.15) is 37.4 Å². The molecule has 2 aromatic heterocycles. The molecule has 0 aliphatic carbocycles. The molecular weight excluding hydrogens is 415 g/mol. The van der Waals surface area contributed by atoms with Crippen LogP contribution in [-0.4, -0.2) is 38.9 Å². The summed E-state index contributed by atoms with van der Waals surface area (Å²) < 4.78 is 15.6. The highest BCUT2D eigenvalue weighted by molar-refractivity contribution is 5.83. The Bertz CT molecular complexity index is 1260. The number of hydrogen-bond donors (Lipinski definition) is 1. The quantitative estimate of drug-likeness (QED) is 0.431. The van der Waals surface area contributed by atoms with Gasteiger partial charge in [0.15, 0.2) is 5.65 Å². The molecular formula is C27H29FN4O. The largest absolute Gasteiger partial charge is 0.394 e. The molecule has 1 aliphatic rings. The summed E-state index contributed by atoms with van der Waals surface area (Å²) in [6.07, 6.45) is 3.78. The highest BCUT2D eigenvalue weighted by atomic mass is 19.1. The van der Waals surface area contributed by atoms with E-state index in [0.717, 1.165) is 71.8 Å². The Kier molecular flexibility index (Phi) is 5.85. The predicted molar refractivity (Wildman–Crippen MR) is 130 cm³/mol. The number of fused-ring (bicyclic) bond motifs is 1. The Morgan fingerprint density at radius 2 is 1.79 bits per heavy atom. The summed E-state index contributed by atoms with van der Waals surface area (Å²) in [7, 11) is 0. The van der Waals surface area contributed by atoms with Gasteiger partial charge in [-0.25, -0.2) is 13.9 Å². The first-order valence-electron chi connectivity index (χ1n) is 11.7. The van der Waals surface area contributed by atoms with E-state index >= 15 is 0 Å². The number of hydrogen-bond acceptors (Lipinski definition) is 4. The molecule has 1 N–H and O–H groups in total. The second-order valence-corrected chi connectivity index (χ2v) is 8.85. The Labute approximate surface area is 193 Å². The van der Waals surface area contributed by atoms with Crippen LogP contribution in [0.3, 0.4) is 0 Å². The molecule has 1 unspecified atom stereocenters. The van der Waals surface area contributed by atoms with E-state index in [9.17, 15) is 9.50 Å². The molecule has 2 aromatic carbocycles. The van der Waals surface area contributed by atoms with Crippen molar-refractivity contribution in [2.24, 2.45) is 0 Å². The second kappa shape index (κ2) is 8.94. The molecule has 6 heteroatoms. The van der Waals surface area contributed by atoms with E-state index < -0.39 is 0 Å². The lowest BCUT2D eigenvalue weighted by Crippen LogP contribution is -2.32. The molecule has 1 aliphatic heterocycles. The van der Waals surface area contributed by atoms with Gasteiger partial charge < -0.3 is 10.0 Å². The molecule has 5 nitrogen and oxygen atoms in total. The maximum Gasteiger partial charge on any atom is 0.166 e. The zero-order valence-electron chi connectivity index (χ0n) is 19.1. The molecule has 0 radical (unpaired) electrons. The lowest BCUT2D eigenvalue weighted by molar-refractivity contribution is 0.266. The number of rotatable bonds is 6. The number of aryl methyl sites for hydroxylation is 2. The first-order valence-corrected chi connectivity index (χ1v) is 11.7. The van der Waals surface area contributed by atoms with Crippen molar-refractivity contribution < 1.29 is 9.50 Å². The highest BCUT2D eigenvalue weighted by Gasteiger charge is 2.27. The molecule has 3 heterocycles. The lowest BCUT2D eigenvalue weighted by atomic mass is 10.0. The highest BCUT2D eigenvalue weighted by Crippen LogP contribution is 2.35. The average molecular weight is 445 g/mol. The average Bonchev–Trinajstić information content (AvgIpc) is 3.44. The normalized spacial score (nSPS) is 16.1. The number of aromatic nitrogens is 3. The molecule has 4 aromatic rings. The minimum absolute atomic E-state index is 0.0573. The summed E-state index contributed by atoms with van der Waals surface area (Å²) in [5.41, 5.74) is 6.89. The van der Waals surface area contributed by atoms with E-state index in [4.69, 9.17) is 10.1 Å². The van der Waals surface area contributed by atoms with E-state index in [1.807, 2.05) is 10.6 Å². The molecule has 0 amide bonds. The minimum atomic E-state index is -0.267. The van der Waals surface area contributed by atoms with Crippen molar-refractivity contribution in [1.29, 1.82) is 0 Å². The summed E-state index contributed by atoms with van der Waals surface area (Å²) in [6.45, 7) is 5.19. The Morgan fingerprint density at radius 1 is 1.06 bits per heavy atom. The topological polar surface area (TPSA) is 53.7 Å². The van der Waals surface area contributed by atoms with Gasteiger partial charge in [0.25, 0.3) is 0 Å². The summed E-state index contributed by atoms with van der Waals surface area (Å²) in [5.74, 6) is 0.561. The van der Waals surface area contributed by atoms with Crippen LogP contribution in [0, 0.1) is 12.7 Å². The molecule has 1 fully saturated rings. The zero-order valence-corrected chi connectivity index (χ0v) is 19.1. The van der Waals surface area contributed by atoms with Gasteiger partial charge in [-0.3, -0.25) is 0 Å². The number of anilines is 1. The van der Waals surface area contributed by atoms with Gasteiger partial charge in [-0.2, -0.15) is 5.10 Å². The standard InChI is InChI=1S/C27H29FN4O/c1-3-5-23-26(20-9-7-18(2)8-10-20)27-29-25(31-15-4-6-22(31)17-33)16-24(32(27)30-23)19-11-13-21(28)14-12-19/h7-14,16,22,33H,3-6,15,17H2,1-2H3. The zero-order chi connectivity index (χ0) is 22.9. The monoisotopic (exact) mass is 444 g/mol. The molecule has 1 atom stereocenters. The molecule has 33 heavy (non-hydrogen) atoms. The number of halogens is 1. The van der Waals surface area contributed by atoms with Gasteiger partial charge in [-0.1, -0.05) is 43.2 Å². The van der Waals surface area contributed by atoms with E-state index in [-0.39, 0.29) is 18.5 Å². The SMILES string of the molecule is CCCc1nn2c(-c3ccc(F)cc3)cc(N3CCCC3CO)nc2c1-c1ccc(C)cc1. The van der Waals surface area contributed by atoms with Crippen molar-refractivity contribution in [3.8, 4) is 22.4 Å². The molecule has 170 valence electrons. The van der Waals surface area contributed by atoms with Crippen molar-refractivity contribution >= 4 is 11.5 Å². The van der Waals surface area contributed by atoms with Gasteiger partial charge in [-0.15, -0.1) is 0 Å². The third kappa shape index (κ3) is 4.00. The van der Waals surface area contributed by atoms with Crippen LogP contribution in [0.5, 0.6) is 0 Å². The third-order valence-electron chi connectivity index (χ3n) is 6.50. The van der Waals surface area contributed by atoms with Gasteiger partial charge in [0.1, 0.15) is 11.6 Å².